The number of furan rings is 1. The summed E-state index contributed by atoms with van der Waals surface area (Å²) in [5.41, 5.74) is 1.46. The third kappa shape index (κ3) is 5.29. The molecule has 2 aromatic carbocycles. The van der Waals surface area contributed by atoms with E-state index in [1.807, 2.05) is 0 Å². The minimum atomic E-state index is -3.76. The summed E-state index contributed by atoms with van der Waals surface area (Å²) >= 11 is 0. The van der Waals surface area contributed by atoms with Crippen LogP contribution in [0.2, 0.25) is 0 Å². The number of carbonyl (C=O) groups excluding carboxylic acids is 2. The molecular formula is C24H25N3O6S. The van der Waals surface area contributed by atoms with Gasteiger partial charge in [-0.1, -0.05) is 6.42 Å². The molecule has 2 N–H and O–H groups in total. The molecule has 1 saturated heterocycles. The zero-order valence-electron chi connectivity index (χ0n) is 18.6. The van der Waals surface area contributed by atoms with Gasteiger partial charge in [-0.2, -0.15) is 4.31 Å². The first kappa shape index (κ1) is 23.5. The second kappa shape index (κ2) is 10.1. The van der Waals surface area contributed by atoms with Crippen LogP contribution in [0.15, 0.2) is 70.2 Å². The summed E-state index contributed by atoms with van der Waals surface area (Å²) in [7, 11) is -2.19. The number of anilines is 2. The molecule has 0 atom stereocenters. The van der Waals surface area contributed by atoms with Crippen molar-refractivity contribution in [3.63, 3.8) is 0 Å². The molecule has 1 aromatic heterocycles. The molecule has 0 unspecified atom stereocenters. The number of amides is 2. The number of ether oxygens (including phenoxy) is 1. The lowest BCUT2D eigenvalue weighted by atomic mass is 10.2. The molecule has 1 aliphatic rings. The van der Waals surface area contributed by atoms with Crippen LogP contribution in [0.5, 0.6) is 5.75 Å². The molecule has 0 bridgehead atoms. The summed E-state index contributed by atoms with van der Waals surface area (Å²) in [6.07, 6.45) is 2.61. The minimum absolute atomic E-state index is 0.114. The Hall–Kier alpha value is -3.63. The van der Waals surface area contributed by atoms with Gasteiger partial charge in [0.15, 0.2) is 5.76 Å². The maximum absolute atomic E-state index is 12.7. The molecular weight excluding hydrogens is 458 g/mol. The number of sulfonamides is 1. The van der Waals surface area contributed by atoms with Gasteiger partial charge in [0.25, 0.3) is 21.8 Å². The van der Waals surface area contributed by atoms with E-state index in [0.717, 1.165) is 19.3 Å². The van der Waals surface area contributed by atoms with Gasteiger partial charge in [0.2, 0.25) is 5.09 Å². The fraction of sp³-hybridized carbons (Fsp3) is 0.250. The predicted octanol–water partition coefficient (Wildman–Crippen LogP) is 3.97. The number of hydrogen-bond donors (Lipinski definition) is 2. The molecule has 3 aromatic rings. The first-order valence-corrected chi connectivity index (χ1v) is 12.3. The van der Waals surface area contributed by atoms with Gasteiger partial charge >= 0.3 is 0 Å². The molecule has 9 nitrogen and oxygen atoms in total. The van der Waals surface area contributed by atoms with Crippen molar-refractivity contribution in [1.82, 2.24) is 4.31 Å². The van der Waals surface area contributed by atoms with Crippen LogP contribution in [0.4, 0.5) is 11.4 Å². The lowest BCUT2D eigenvalue weighted by Crippen LogP contribution is -2.35. The van der Waals surface area contributed by atoms with Crippen LogP contribution >= 0.6 is 0 Å². The van der Waals surface area contributed by atoms with Crippen LogP contribution in [0, 0.1) is 0 Å². The summed E-state index contributed by atoms with van der Waals surface area (Å²) in [6, 6.07) is 15.9. The van der Waals surface area contributed by atoms with E-state index in [1.165, 1.54) is 16.4 Å². The van der Waals surface area contributed by atoms with Gasteiger partial charge in [0.05, 0.1) is 7.11 Å². The number of rotatable bonds is 7. The van der Waals surface area contributed by atoms with Gasteiger partial charge in [-0.25, -0.2) is 8.42 Å². The van der Waals surface area contributed by atoms with Crippen molar-refractivity contribution in [1.29, 1.82) is 0 Å². The largest absolute Gasteiger partial charge is 0.497 e. The number of carbonyl (C=O) groups is 2. The van der Waals surface area contributed by atoms with Gasteiger partial charge in [-0.05, 0) is 73.5 Å². The summed E-state index contributed by atoms with van der Waals surface area (Å²) < 4.78 is 37.2. The number of piperidine rings is 1. The maximum atomic E-state index is 12.7. The molecule has 34 heavy (non-hydrogen) atoms. The van der Waals surface area contributed by atoms with Crippen LogP contribution in [-0.4, -0.2) is 44.7 Å². The fourth-order valence-corrected chi connectivity index (χ4v) is 5.02. The lowest BCUT2D eigenvalue weighted by Gasteiger charge is -2.24. The summed E-state index contributed by atoms with van der Waals surface area (Å²) in [5.74, 6) is -0.319. The number of benzene rings is 2. The molecule has 0 radical (unpaired) electrons. The van der Waals surface area contributed by atoms with Crippen LogP contribution in [-0.2, 0) is 10.0 Å². The van der Waals surface area contributed by atoms with Crippen LogP contribution in [0.3, 0.4) is 0 Å². The van der Waals surface area contributed by atoms with Gasteiger partial charge in [-0.3, -0.25) is 9.59 Å². The zero-order valence-corrected chi connectivity index (χ0v) is 19.4. The molecule has 0 spiro atoms. The molecule has 178 valence electrons. The molecule has 4 rings (SSSR count). The quantitative estimate of drug-likeness (QED) is 0.525. The summed E-state index contributed by atoms with van der Waals surface area (Å²) in [5, 5.41) is 5.18. The smallest absolute Gasteiger partial charge is 0.291 e. The summed E-state index contributed by atoms with van der Waals surface area (Å²) in [4.78, 5) is 25.0. The standard InChI is InChI=1S/C24H25N3O6S/c1-32-20-11-9-19(10-12-20)25-23(28)17-5-7-18(8-6-17)26-24(29)21-13-14-22(33-21)34(30,31)27-15-3-2-4-16-27/h5-14H,2-4,15-16H2,1H3,(H,25,28)(H,26,29). The number of nitrogens with one attached hydrogen (secondary N) is 2. The molecule has 1 aliphatic heterocycles. The van der Waals surface area contributed by atoms with E-state index < -0.39 is 15.9 Å². The highest BCUT2D eigenvalue weighted by molar-refractivity contribution is 7.89. The lowest BCUT2D eigenvalue weighted by molar-refractivity contribution is 0.0990. The Morgan fingerprint density at radius 2 is 1.41 bits per heavy atom. The monoisotopic (exact) mass is 483 g/mol. The molecule has 2 heterocycles. The van der Waals surface area contributed by atoms with Crippen molar-refractivity contribution in [2.24, 2.45) is 0 Å². The van der Waals surface area contributed by atoms with E-state index in [4.69, 9.17) is 9.15 Å². The average Bonchev–Trinajstić information content (AvgIpc) is 3.37. The van der Waals surface area contributed by atoms with Crippen molar-refractivity contribution in [3.05, 3.63) is 72.0 Å². The van der Waals surface area contributed by atoms with Crippen LogP contribution in [0.1, 0.15) is 40.2 Å². The van der Waals surface area contributed by atoms with Crippen molar-refractivity contribution in [2.45, 2.75) is 24.4 Å². The SMILES string of the molecule is COc1ccc(NC(=O)c2ccc(NC(=O)c3ccc(S(=O)(=O)N4CCCCC4)o3)cc2)cc1. The number of hydrogen-bond acceptors (Lipinski definition) is 6. The molecule has 2 amide bonds. The third-order valence-electron chi connectivity index (χ3n) is 5.47. The summed E-state index contributed by atoms with van der Waals surface area (Å²) in [6.45, 7) is 0.895. The Balaban J connectivity index is 1.37. The minimum Gasteiger partial charge on any atom is -0.497 e. The van der Waals surface area contributed by atoms with Crippen LogP contribution in [0.25, 0.3) is 0 Å². The van der Waals surface area contributed by atoms with Gasteiger partial charge in [-0.15, -0.1) is 0 Å². The second-order valence-corrected chi connectivity index (χ2v) is 9.67. The Morgan fingerprint density at radius 3 is 2.03 bits per heavy atom. The number of nitrogens with zero attached hydrogens (tertiary/aromatic N) is 1. The third-order valence-corrected chi connectivity index (χ3v) is 7.24. The first-order chi connectivity index (χ1) is 16.4. The Kier molecular flexibility index (Phi) is 6.99. The van der Waals surface area contributed by atoms with Gasteiger partial charge in [0, 0.05) is 30.0 Å². The predicted molar refractivity (Wildman–Crippen MR) is 127 cm³/mol. The van der Waals surface area contributed by atoms with Crippen molar-refractivity contribution in [3.8, 4) is 5.75 Å². The Labute approximate surface area is 197 Å². The van der Waals surface area contributed by atoms with Gasteiger partial charge in [0.1, 0.15) is 5.75 Å². The molecule has 10 heteroatoms. The first-order valence-electron chi connectivity index (χ1n) is 10.8. The molecule has 0 aliphatic carbocycles. The molecule has 1 fully saturated rings. The van der Waals surface area contributed by atoms with E-state index in [1.54, 1.807) is 55.6 Å². The number of methoxy groups -OCH3 is 1. The normalized spacial score (nSPS) is 14.4. The topological polar surface area (TPSA) is 118 Å². The van der Waals surface area contributed by atoms with E-state index in [2.05, 4.69) is 10.6 Å². The van der Waals surface area contributed by atoms with Gasteiger partial charge < -0.3 is 19.8 Å². The highest BCUT2D eigenvalue weighted by atomic mass is 32.2. The Bertz CT molecular complexity index is 1260. The van der Waals surface area contributed by atoms with Crippen molar-refractivity contribution < 1.29 is 27.2 Å². The van der Waals surface area contributed by atoms with E-state index in [9.17, 15) is 18.0 Å². The highest BCUT2D eigenvalue weighted by Gasteiger charge is 2.29. The Morgan fingerprint density at radius 1 is 0.824 bits per heavy atom. The second-order valence-electron chi connectivity index (χ2n) is 7.80. The zero-order chi connectivity index (χ0) is 24.1. The fourth-order valence-electron chi connectivity index (χ4n) is 3.59. The molecule has 0 saturated carbocycles. The van der Waals surface area contributed by atoms with E-state index >= 15 is 0 Å². The van der Waals surface area contributed by atoms with Crippen LogP contribution < -0.4 is 15.4 Å². The maximum Gasteiger partial charge on any atom is 0.291 e. The van der Waals surface area contributed by atoms with E-state index in [0.29, 0.717) is 35.8 Å². The van der Waals surface area contributed by atoms with E-state index in [-0.39, 0.29) is 16.8 Å². The average molecular weight is 484 g/mol. The van der Waals surface area contributed by atoms with Crippen molar-refractivity contribution in [2.75, 3.05) is 30.8 Å². The highest BCUT2D eigenvalue weighted by Crippen LogP contribution is 2.23. The van der Waals surface area contributed by atoms with Crippen molar-refractivity contribution >= 4 is 33.2 Å².